The molecule has 1 saturated heterocycles. The summed E-state index contributed by atoms with van der Waals surface area (Å²) in [5.74, 6) is 0. The molecule has 0 radical (unpaired) electrons. The van der Waals surface area contributed by atoms with E-state index in [1.807, 2.05) is 19.9 Å². The van der Waals surface area contributed by atoms with Crippen molar-refractivity contribution in [2.75, 3.05) is 13.2 Å². The summed E-state index contributed by atoms with van der Waals surface area (Å²) in [7, 11) is -3.52. The van der Waals surface area contributed by atoms with Gasteiger partial charge in [0.05, 0.1) is 11.5 Å². The fourth-order valence-electron chi connectivity index (χ4n) is 2.21. The molecule has 5 nitrogen and oxygen atoms in total. The Morgan fingerprint density at radius 1 is 1.42 bits per heavy atom. The topological polar surface area (TPSA) is 81.4 Å². The zero-order valence-electron chi connectivity index (χ0n) is 11.3. The summed E-state index contributed by atoms with van der Waals surface area (Å²) in [6, 6.07) is 3.44. The van der Waals surface area contributed by atoms with Gasteiger partial charge in [-0.15, -0.1) is 0 Å². The van der Waals surface area contributed by atoms with E-state index in [1.54, 1.807) is 6.07 Å². The van der Waals surface area contributed by atoms with Crippen LogP contribution in [0.3, 0.4) is 0 Å². The molecule has 1 fully saturated rings. The lowest BCUT2D eigenvalue weighted by molar-refractivity contribution is 0.192. The molecule has 1 aliphatic heterocycles. The molecule has 19 heavy (non-hydrogen) atoms. The van der Waals surface area contributed by atoms with Crippen molar-refractivity contribution in [3.8, 4) is 0 Å². The van der Waals surface area contributed by atoms with Crippen molar-refractivity contribution in [2.45, 2.75) is 37.8 Å². The lowest BCUT2D eigenvalue weighted by atomic mass is 10.1. The van der Waals surface area contributed by atoms with Gasteiger partial charge < -0.3 is 10.5 Å². The van der Waals surface area contributed by atoms with Gasteiger partial charge in [-0.05, 0) is 43.0 Å². The maximum Gasteiger partial charge on any atom is 0.241 e. The second-order valence-electron chi connectivity index (χ2n) is 4.92. The third kappa shape index (κ3) is 3.14. The number of rotatable bonds is 4. The van der Waals surface area contributed by atoms with Gasteiger partial charge in [0.2, 0.25) is 10.0 Å². The highest BCUT2D eigenvalue weighted by molar-refractivity contribution is 7.89. The molecule has 1 heterocycles. The molecule has 1 aliphatic rings. The molecule has 6 heteroatoms. The standard InChI is InChI=1S/C13H20N2O3S/c1-9-5-11(7-14)6-13(10(9)2)19(16,17)15-12-3-4-18-8-12/h5-6,12,15H,3-4,7-8,14H2,1-2H3. The summed E-state index contributed by atoms with van der Waals surface area (Å²) in [5.41, 5.74) is 8.14. The summed E-state index contributed by atoms with van der Waals surface area (Å²) in [6.07, 6.45) is 0.716. The predicted octanol–water partition coefficient (Wildman–Crippen LogP) is 0.829. The van der Waals surface area contributed by atoms with Crippen LogP contribution in [0.1, 0.15) is 23.1 Å². The zero-order valence-corrected chi connectivity index (χ0v) is 12.1. The van der Waals surface area contributed by atoms with E-state index in [2.05, 4.69) is 4.72 Å². The summed E-state index contributed by atoms with van der Waals surface area (Å²) in [4.78, 5) is 0.319. The summed E-state index contributed by atoms with van der Waals surface area (Å²) in [6.45, 7) is 5.08. The first-order chi connectivity index (χ1) is 8.94. The Hall–Kier alpha value is -0.950. The monoisotopic (exact) mass is 284 g/mol. The summed E-state index contributed by atoms with van der Waals surface area (Å²) >= 11 is 0. The van der Waals surface area contributed by atoms with Crippen LogP contribution in [0.5, 0.6) is 0 Å². The van der Waals surface area contributed by atoms with Crippen LogP contribution in [0.2, 0.25) is 0 Å². The Bertz CT molecular complexity index is 563. The molecule has 1 aromatic carbocycles. The van der Waals surface area contributed by atoms with Crippen LogP contribution in [0.4, 0.5) is 0 Å². The van der Waals surface area contributed by atoms with Crippen molar-refractivity contribution in [3.63, 3.8) is 0 Å². The second-order valence-corrected chi connectivity index (χ2v) is 6.60. The molecule has 3 N–H and O–H groups in total. The smallest absolute Gasteiger partial charge is 0.241 e. The van der Waals surface area contributed by atoms with Crippen LogP contribution in [0.15, 0.2) is 17.0 Å². The van der Waals surface area contributed by atoms with Gasteiger partial charge >= 0.3 is 0 Å². The van der Waals surface area contributed by atoms with Gasteiger partial charge in [0.1, 0.15) is 0 Å². The Labute approximate surface area is 114 Å². The van der Waals surface area contributed by atoms with Gasteiger partial charge in [-0.25, -0.2) is 13.1 Å². The number of nitrogens with one attached hydrogen (secondary N) is 1. The first kappa shape index (κ1) is 14.5. The third-order valence-corrected chi connectivity index (χ3v) is 5.10. The highest BCUT2D eigenvalue weighted by Crippen LogP contribution is 2.22. The number of nitrogens with two attached hydrogens (primary N) is 1. The van der Waals surface area contributed by atoms with E-state index in [-0.39, 0.29) is 6.04 Å². The molecule has 0 aromatic heterocycles. The summed E-state index contributed by atoms with van der Waals surface area (Å²) in [5, 5.41) is 0. The number of ether oxygens (including phenoxy) is 1. The van der Waals surface area contributed by atoms with Crippen molar-refractivity contribution in [2.24, 2.45) is 5.73 Å². The van der Waals surface area contributed by atoms with E-state index < -0.39 is 10.0 Å². The van der Waals surface area contributed by atoms with Crippen molar-refractivity contribution in [3.05, 3.63) is 28.8 Å². The Morgan fingerprint density at radius 3 is 2.74 bits per heavy atom. The van der Waals surface area contributed by atoms with Crippen molar-refractivity contribution >= 4 is 10.0 Å². The molecule has 0 aliphatic carbocycles. The van der Waals surface area contributed by atoms with Gasteiger partial charge in [-0.1, -0.05) is 6.07 Å². The van der Waals surface area contributed by atoms with Crippen LogP contribution >= 0.6 is 0 Å². The highest BCUT2D eigenvalue weighted by Gasteiger charge is 2.25. The third-order valence-electron chi connectivity index (χ3n) is 3.46. The minimum Gasteiger partial charge on any atom is -0.380 e. The quantitative estimate of drug-likeness (QED) is 0.858. The number of benzene rings is 1. The average molecular weight is 284 g/mol. The first-order valence-electron chi connectivity index (χ1n) is 6.34. The van der Waals surface area contributed by atoms with Gasteiger partial charge in [-0.3, -0.25) is 0 Å². The molecule has 1 atom stereocenters. The van der Waals surface area contributed by atoms with Crippen molar-refractivity contribution < 1.29 is 13.2 Å². The number of sulfonamides is 1. The fraction of sp³-hybridized carbons (Fsp3) is 0.538. The minimum atomic E-state index is -3.52. The predicted molar refractivity (Wildman–Crippen MR) is 73.4 cm³/mol. The average Bonchev–Trinajstić information content (AvgIpc) is 2.84. The lowest BCUT2D eigenvalue weighted by Crippen LogP contribution is -2.35. The molecule has 2 rings (SSSR count). The van der Waals surface area contributed by atoms with Crippen LogP contribution in [0.25, 0.3) is 0 Å². The van der Waals surface area contributed by atoms with Crippen molar-refractivity contribution in [1.82, 2.24) is 4.72 Å². The van der Waals surface area contributed by atoms with E-state index in [4.69, 9.17) is 10.5 Å². The van der Waals surface area contributed by atoms with Gasteiger partial charge in [0.15, 0.2) is 0 Å². The molecular formula is C13H20N2O3S. The molecule has 0 saturated carbocycles. The second kappa shape index (κ2) is 5.58. The van der Waals surface area contributed by atoms with E-state index in [1.165, 1.54) is 0 Å². The normalized spacial score (nSPS) is 19.8. The van der Waals surface area contributed by atoms with Crippen LogP contribution in [-0.4, -0.2) is 27.7 Å². The Morgan fingerprint density at radius 2 is 2.16 bits per heavy atom. The zero-order chi connectivity index (χ0) is 14.0. The molecule has 1 aromatic rings. The SMILES string of the molecule is Cc1cc(CN)cc(S(=O)(=O)NC2CCOC2)c1C. The lowest BCUT2D eigenvalue weighted by Gasteiger charge is -2.15. The molecule has 0 bridgehead atoms. The molecule has 0 amide bonds. The van der Waals surface area contributed by atoms with Crippen molar-refractivity contribution in [1.29, 1.82) is 0 Å². The molecule has 0 spiro atoms. The molecule has 106 valence electrons. The largest absolute Gasteiger partial charge is 0.380 e. The first-order valence-corrected chi connectivity index (χ1v) is 7.82. The number of hydrogen-bond acceptors (Lipinski definition) is 4. The highest BCUT2D eigenvalue weighted by atomic mass is 32.2. The van der Waals surface area contributed by atoms with Gasteiger partial charge in [-0.2, -0.15) is 0 Å². The Balaban J connectivity index is 2.36. The van der Waals surface area contributed by atoms with Gasteiger partial charge in [0, 0.05) is 19.2 Å². The van der Waals surface area contributed by atoms with Crippen LogP contribution in [0, 0.1) is 13.8 Å². The van der Waals surface area contributed by atoms with E-state index >= 15 is 0 Å². The number of hydrogen-bond donors (Lipinski definition) is 2. The molecular weight excluding hydrogens is 264 g/mol. The van der Waals surface area contributed by atoms with Gasteiger partial charge in [0.25, 0.3) is 0 Å². The van der Waals surface area contributed by atoms with E-state index in [9.17, 15) is 8.42 Å². The minimum absolute atomic E-state index is 0.133. The number of aryl methyl sites for hydroxylation is 1. The maximum absolute atomic E-state index is 12.4. The Kier molecular flexibility index (Phi) is 4.25. The summed E-state index contributed by atoms with van der Waals surface area (Å²) < 4.78 is 32.7. The van der Waals surface area contributed by atoms with Crippen LogP contribution in [-0.2, 0) is 21.3 Å². The molecule has 1 unspecified atom stereocenters. The van der Waals surface area contributed by atoms with E-state index in [0.717, 1.165) is 16.7 Å². The maximum atomic E-state index is 12.4. The van der Waals surface area contributed by atoms with E-state index in [0.29, 0.717) is 31.1 Å². The fourth-order valence-corrected chi connectivity index (χ4v) is 3.83. The van der Waals surface area contributed by atoms with Crippen LogP contribution < -0.4 is 10.5 Å².